The van der Waals surface area contributed by atoms with E-state index in [1.807, 2.05) is 0 Å². The Kier molecular flexibility index (Phi) is 8.32. The van der Waals surface area contributed by atoms with Gasteiger partial charge in [-0.2, -0.15) is 0 Å². The predicted molar refractivity (Wildman–Crippen MR) is 121 cm³/mol. The lowest BCUT2D eigenvalue weighted by Gasteiger charge is -2.35. The Morgan fingerprint density at radius 1 is 1.06 bits per heavy atom. The summed E-state index contributed by atoms with van der Waals surface area (Å²) in [4.78, 5) is 38.3. The molecule has 2 N–H and O–H groups in total. The quantitative estimate of drug-likeness (QED) is 0.506. The molecule has 1 heterocycles. The first kappa shape index (κ1) is 23.5. The summed E-state index contributed by atoms with van der Waals surface area (Å²) >= 11 is 6.24. The predicted octanol–water partition coefficient (Wildman–Crippen LogP) is 4.00. The Bertz CT molecular complexity index is 815. The first-order valence-corrected chi connectivity index (χ1v) is 11.5. The van der Waals surface area contributed by atoms with Gasteiger partial charge in [0.25, 0.3) is 5.91 Å². The van der Waals surface area contributed by atoms with Gasteiger partial charge >= 0.3 is 5.97 Å². The number of hydrogen-bond donors (Lipinski definition) is 2. The number of rotatable bonds is 6. The molecule has 31 heavy (non-hydrogen) atoms. The number of carbonyl (C=O) groups is 3. The second kappa shape index (κ2) is 11.0. The highest BCUT2D eigenvalue weighted by molar-refractivity contribution is 6.34. The number of halogens is 1. The van der Waals surface area contributed by atoms with E-state index in [-0.39, 0.29) is 39.9 Å². The average Bonchev–Trinajstić information content (AvgIpc) is 2.71. The van der Waals surface area contributed by atoms with Crippen LogP contribution >= 0.6 is 11.6 Å². The molecule has 0 radical (unpaired) electrons. The van der Waals surface area contributed by atoms with Gasteiger partial charge in [0, 0.05) is 45.6 Å². The van der Waals surface area contributed by atoms with Crippen molar-refractivity contribution in [1.82, 2.24) is 10.2 Å². The molecule has 0 atom stereocenters. The number of likely N-dealkylation sites (tertiary alicyclic amines) is 1. The molecule has 2 aliphatic rings. The largest absolute Gasteiger partial charge is 0.426 e. The number of carbonyl (C=O) groups excluding carboxylic acids is 3. The Labute approximate surface area is 188 Å². The fourth-order valence-corrected chi connectivity index (χ4v) is 4.72. The zero-order valence-electron chi connectivity index (χ0n) is 18.3. The maximum Gasteiger partial charge on any atom is 0.308 e. The standard InChI is InChI=1S/C23H32ClN3O4/c1-15(28)25-21-13-22(31-16(2)29)19(12-20(21)24)23(30)26-18-8-10-27(11-9-18)14-17-6-4-3-5-7-17/h12-13,17-18H,3-11,14H2,1-2H3,(H,25,28)(H,26,30). The van der Waals surface area contributed by atoms with Crippen LogP contribution in [0.1, 0.15) is 69.2 Å². The summed E-state index contributed by atoms with van der Waals surface area (Å²) in [6, 6.07) is 2.90. The summed E-state index contributed by atoms with van der Waals surface area (Å²) in [7, 11) is 0. The molecule has 1 saturated carbocycles. The van der Waals surface area contributed by atoms with Crippen LogP contribution < -0.4 is 15.4 Å². The molecule has 0 aromatic heterocycles. The minimum absolute atomic E-state index is 0.0640. The van der Waals surface area contributed by atoms with Crippen LogP contribution in [0.3, 0.4) is 0 Å². The Balaban J connectivity index is 1.61. The smallest absolute Gasteiger partial charge is 0.308 e. The van der Waals surface area contributed by atoms with Gasteiger partial charge in [-0.25, -0.2) is 0 Å². The van der Waals surface area contributed by atoms with E-state index in [2.05, 4.69) is 15.5 Å². The summed E-state index contributed by atoms with van der Waals surface area (Å²) in [6.07, 6.45) is 8.53. The third kappa shape index (κ3) is 6.94. The first-order chi connectivity index (χ1) is 14.8. The molecule has 3 rings (SSSR count). The molecule has 1 aromatic carbocycles. The zero-order valence-corrected chi connectivity index (χ0v) is 19.1. The van der Waals surface area contributed by atoms with E-state index >= 15 is 0 Å². The lowest BCUT2D eigenvalue weighted by atomic mass is 9.88. The highest BCUT2D eigenvalue weighted by Gasteiger charge is 2.25. The highest BCUT2D eigenvalue weighted by Crippen LogP contribution is 2.32. The third-order valence-electron chi connectivity index (χ3n) is 6.04. The van der Waals surface area contributed by atoms with Crippen molar-refractivity contribution in [2.75, 3.05) is 25.0 Å². The number of hydrogen-bond acceptors (Lipinski definition) is 5. The van der Waals surface area contributed by atoms with Crippen molar-refractivity contribution in [3.8, 4) is 5.75 Å². The summed E-state index contributed by atoms with van der Waals surface area (Å²) in [5.41, 5.74) is 0.469. The molecule has 0 bridgehead atoms. The van der Waals surface area contributed by atoms with Crippen molar-refractivity contribution in [1.29, 1.82) is 0 Å². The van der Waals surface area contributed by atoms with Crippen LogP contribution in [0.25, 0.3) is 0 Å². The van der Waals surface area contributed by atoms with Gasteiger partial charge in [0.2, 0.25) is 5.91 Å². The molecule has 2 amide bonds. The summed E-state index contributed by atoms with van der Waals surface area (Å²) in [5.74, 6) is -0.310. The van der Waals surface area contributed by atoms with Crippen LogP contribution in [0, 0.1) is 5.92 Å². The molecule has 8 heteroatoms. The fourth-order valence-electron chi connectivity index (χ4n) is 4.51. The van der Waals surface area contributed by atoms with Gasteiger partial charge in [-0.1, -0.05) is 30.9 Å². The molecule has 7 nitrogen and oxygen atoms in total. The molecule has 1 aliphatic heterocycles. The van der Waals surface area contributed by atoms with Gasteiger partial charge < -0.3 is 20.3 Å². The van der Waals surface area contributed by atoms with Gasteiger partial charge in [-0.3, -0.25) is 14.4 Å². The molecule has 170 valence electrons. The number of esters is 1. The van der Waals surface area contributed by atoms with Crippen molar-refractivity contribution in [2.24, 2.45) is 5.92 Å². The van der Waals surface area contributed by atoms with Crippen LogP contribution in [0.2, 0.25) is 5.02 Å². The van der Waals surface area contributed by atoms with Crippen molar-refractivity contribution in [3.05, 3.63) is 22.7 Å². The van der Waals surface area contributed by atoms with Crippen molar-refractivity contribution >= 4 is 35.1 Å². The average molecular weight is 450 g/mol. The summed E-state index contributed by atoms with van der Waals surface area (Å²) in [6.45, 7) is 5.72. The van der Waals surface area contributed by atoms with Gasteiger partial charge in [-0.05, 0) is 37.7 Å². The lowest BCUT2D eigenvalue weighted by Crippen LogP contribution is -2.46. The number of nitrogens with zero attached hydrogens (tertiary/aromatic N) is 1. The van der Waals surface area contributed by atoms with Crippen molar-refractivity contribution < 1.29 is 19.1 Å². The molecular formula is C23H32ClN3O4. The number of anilines is 1. The van der Waals surface area contributed by atoms with Crippen molar-refractivity contribution in [3.63, 3.8) is 0 Å². The number of nitrogens with one attached hydrogen (secondary N) is 2. The SMILES string of the molecule is CC(=O)Nc1cc(OC(C)=O)c(C(=O)NC2CCN(CC3CCCCC3)CC2)cc1Cl. The van der Waals surface area contributed by atoms with Gasteiger partial charge in [0.05, 0.1) is 16.3 Å². The van der Waals surface area contributed by atoms with E-state index < -0.39 is 5.97 Å². The van der Waals surface area contributed by atoms with E-state index in [0.29, 0.717) is 0 Å². The Morgan fingerprint density at radius 3 is 2.35 bits per heavy atom. The molecule has 1 aliphatic carbocycles. The maximum absolute atomic E-state index is 12.9. The molecule has 0 spiro atoms. The normalized spacial score (nSPS) is 18.4. The van der Waals surface area contributed by atoms with Gasteiger partial charge in [0.1, 0.15) is 5.75 Å². The van der Waals surface area contributed by atoms with E-state index in [4.69, 9.17) is 16.3 Å². The molecule has 1 aromatic rings. The Morgan fingerprint density at radius 2 is 1.74 bits per heavy atom. The van der Waals surface area contributed by atoms with Gasteiger partial charge in [0.15, 0.2) is 0 Å². The topological polar surface area (TPSA) is 87.7 Å². The van der Waals surface area contributed by atoms with E-state index in [1.54, 1.807) is 0 Å². The van der Waals surface area contributed by atoms with Crippen LogP contribution in [-0.4, -0.2) is 48.4 Å². The summed E-state index contributed by atoms with van der Waals surface area (Å²) in [5, 5.41) is 5.84. The highest BCUT2D eigenvalue weighted by atomic mass is 35.5. The summed E-state index contributed by atoms with van der Waals surface area (Å²) < 4.78 is 5.22. The monoisotopic (exact) mass is 449 g/mol. The minimum Gasteiger partial charge on any atom is -0.426 e. The molecular weight excluding hydrogens is 418 g/mol. The molecule has 2 fully saturated rings. The number of ether oxygens (including phenoxy) is 1. The number of benzene rings is 1. The maximum atomic E-state index is 12.9. The van der Waals surface area contributed by atoms with Crippen LogP contribution in [-0.2, 0) is 9.59 Å². The third-order valence-corrected chi connectivity index (χ3v) is 6.35. The van der Waals surface area contributed by atoms with Crippen LogP contribution in [0.15, 0.2) is 12.1 Å². The van der Waals surface area contributed by atoms with E-state index in [9.17, 15) is 14.4 Å². The van der Waals surface area contributed by atoms with Crippen LogP contribution in [0.4, 0.5) is 5.69 Å². The first-order valence-electron chi connectivity index (χ1n) is 11.1. The minimum atomic E-state index is -0.554. The zero-order chi connectivity index (χ0) is 22.4. The molecule has 0 unspecified atom stereocenters. The molecule has 1 saturated heterocycles. The number of amides is 2. The second-order valence-corrected chi connectivity index (χ2v) is 9.06. The Hall–Kier alpha value is -2.12. The second-order valence-electron chi connectivity index (χ2n) is 8.66. The van der Waals surface area contributed by atoms with Crippen molar-refractivity contribution in [2.45, 2.75) is 64.8 Å². The van der Waals surface area contributed by atoms with Crippen LogP contribution in [0.5, 0.6) is 5.75 Å². The number of piperidine rings is 1. The van der Waals surface area contributed by atoms with E-state index in [0.717, 1.165) is 38.4 Å². The van der Waals surface area contributed by atoms with Gasteiger partial charge in [-0.15, -0.1) is 0 Å². The fraction of sp³-hybridized carbons (Fsp3) is 0.609. The lowest BCUT2D eigenvalue weighted by molar-refractivity contribution is -0.131. The van der Waals surface area contributed by atoms with E-state index in [1.165, 1.54) is 58.1 Å².